The SMILES string of the molecule is CCOC(=O)C(Cc1cccc(Oc2ccc(F)cc2)c1)C(=O)N(CC)c1ccccc1. The maximum atomic E-state index is 13.4. The molecule has 0 aliphatic carbocycles. The van der Waals surface area contributed by atoms with Crippen molar-refractivity contribution in [2.45, 2.75) is 20.3 Å². The van der Waals surface area contributed by atoms with Crippen LogP contribution in [0.25, 0.3) is 0 Å². The molecule has 0 aliphatic rings. The smallest absolute Gasteiger partial charge is 0.318 e. The maximum absolute atomic E-state index is 13.4. The third kappa shape index (κ3) is 5.94. The number of benzene rings is 3. The van der Waals surface area contributed by atoms with Gasteiger partial charge in [-0.1, -0.05) is 30.3 Å². The van der Waals surface area contributed by atoms with Gasteiger partial charge in [-0.3, -0.25) is 9.59 Å². The minimum Gasteiger partial charge on any atom is -0.465 e. The zero-order valence-corrected chi connectivity index (χ0v) is 18.2. The number of carbonyl (C=O) groups excluding carboxylic acids is 2. The molecule has 0 saturated heterocycles. The van der Waals surface area contributed by atoms with E-state index in [1.807, 2.05) is 43.3 Å². The van der Waals surface area contributed by atoms with Gasteiger partial charge in [-0.25, -0.2) is 4.39 Å². The van der Waals surface area contributed by atoms with Gasteiger partial charge in [0.2, 0.25) is 5.91 Å². The van der Waals surface area contributed by atoms with Crippen LogP contribution in [0.1, 0.15) is 19.4 Å². The van der Waals surface area contributed by atoms with Crippen molar-refractivity contribution in [2.75, 3.05) is 18.1 Å². The Labute approximate surface area is 187 Å². The fourth-order valence-corrected chi connectivity index (χ4v) is 3.39. The maximum Gasteiger partial charge on any atom is 0.318 e. The van der Waals surface area contributed by atoms with Gasteiger partial charge in [0.1, 0.15) is 23.2 Å². The Bertz CT molecular complexity index is 1040. The summed E-state index contributed by atoms with van der Waals surface area (Å²) in [4.78, 5) is 27.7. The highest BCUT2D eigenvalue weighted by atomic mass is 19.1. The molecule has 0 aliphatic heterocycles. The van der Waals surface area contributed by atoms with Crippen LogP contribution in [0.4, 0.5) is 10.1 Å². The number of esters is 1. The van der Waals surface area contributed by atoms with Crippen LogP contribution in [0.15, 0.2) is 78.9 Å². The number of anilines is 1. The Hall–Kier alpha value is -3.67. The quantitative estimate of drug-likeness (QED) is 0.334. The van der Waals surface area contributed by atoms with E-state index < -0.39 is 11.9 Å². The molecule has 0 bridgehead atoms. The molecule has 0 spiro atoms. The zero-order chi connectivity index (χ0) is 22.9. The second-order valence-corrected chi connectivity index (χ2v) is 7.13. The van der Waals surface area contributed by atoms with E-state index in [4.69, 9.17) is 9.47 Å². The van der Waals surface area contributed by atoms with E-state index in [0.29, 0.717) is 18.0 Å². The van der Waals surface area contributed by atoms with E-state index >= 15 is 0 Å². The summed E-state index contributed by atoms with van der Waals surface area (Å²) >= 11 is 0. The molecule has 0 saturated carbocycles. The molecule has 0 N–H and O–H groups in total. The Balaban J connectivity index is 1.83. The molecule has 6 heteroatoms. The minimum atomic E-state index is -0.990. The highest BCUT2D eigenvalue weighted by Gasteiger charge is 2.32. The summed E-state index contributed by atoms with van der Waals surface area (Å²) in [5, 5.41) is 0. The lowest BCUT2D eigenvalue weighted by Crippen LogP contribution is -2.41. The van der Waals surface area contributed by atoms with Crippen LogP contribution in [0.2, 0.25) is 0 Å². The van der Waals surface area contributed by atoms with Gasteiger partial charge in [-0.05, 0) is 74.4 Å². The predicted octanol–water partition coefficient (Wildman–Crippen LogP) is 5.39. The van der Waals surface area contributed by atoms with E-state index in [1.54, 1.807) is 30.0 Å². The van der Waals surface area contributed by atoms with Gasteiger partial charge in [0.15, 0.2) is 0 Å². The van der Waals surface area contributed by atoms with Crippen molar-refractivity contribution in [3.05, 3.63) is 90.2 Å². The summed E-state index contributed by atoms with van der Waals surface area (Å²) in [6.45, 7) is 4.19. The molecular weight excluding hydrogens is 409 g/mol. The summed E-state index contributed by atoms with van der Waals surface area (Å²) in [7, 11) is 0. The Morgan fingerprint density at radius 1 is 0.906 bits per heavy atom. The lowest BCUT2D eigenvalue weighted by Gasteiger charge is -2.25. The van der Waals surface area contributed by atoms with Gasteiger partial charge in [0.25, 0.3) is 0 Å². The van der Waals surface area contributed by atoms with Crippen molar-refractivity contribution in [3.63, 3.8) is 0 Å². The van der Waals surface area contributed by atoms with Gasteiger partial charge >= 0.3 is 5.97 Å². The minimum absolute atomic E-state index is 0.168. The van der Waals surface area contributed by atoms with Crippen LogP contribution < -0.4 is 9.64 Å². The van der Waals surface area contributed by atoms with Crippen molar-refractivity contribution < 1.29 is 23.5 Å². The van der Waals surface area contributed by atoms with Gasteiger partial charge in [0.05, 0.1) is 6.61 Å². The number of para-hydroxylation sites is 1. The Morgan fingerprint density at radius 3 is 2.28 bits per heavy atom. The predicted molar refractivity (Wildman–Crippen MR) is 121 cm³/mol. The van der Waals surface area contributed by atoms with Crippen molar-refractivity contribution in [2.24, 2.45) is 5.92 Å². The van der Waals surface area contributed by atoms with Crippen molar-refractivity contribution in [1.82, 2.24) is 0 Å². The number of carbonyl (C=O) groups is 2. The third-order valence-corrected chi connectivity index (χ3v) is 4.91. The van der Waals surface area contributed by atoms with Crippen LogP contribution in [0.5, 0.6) is 11.5 Å². The monoisotopic (exact) mass is 435 g/mol. The molecule has 1 atom stereocenters. The van der Waals surface area contributed by atoms with E-state index in [1.165, 1.54) is 24.3 Å². The first-order valence-electron chi connectivity index (χ1n) is 10.6. The molecular formula is C26H26FNO4. The van der Waals surface area contributed by atoms with E-state index in [-0.39, 0.29) is 24.8 Å². The number of nitrogens with zero attached hydrogens (tertiary/aromatic N) is 1. The lowest BCUT2D eigenvalue weighted by molar-refractivity contribution is -0.151. The number of halogens is 1. The van der Waals surface area contributed by atoms with E-state index in [9.17, 15) is 14.0 Å². The first-order chi connectivity index (χ1) is 15.5. The highest BCUT2D eigenvalue weighted by molar-refractivity contribution is 6.06. The van der Waals surface area contributed by atoms with Gasteiger partial charge < -0.3 is 14.4 Å². The molecule has 3 rings (SSSR count). The van der Waals surface area contributed by atoms with E-state index in [2.05, 4.69) is 0 Å². The molecule has 32 heavy (non-hydrogen) atoms. The molecule has 0 fully saturated rings. The normalized spacial score (nSPS) is 11.5. The fourth-order valence-electron chi connectivity index (χ4n) is 3.39. The summed E-state index contributed by atoms with van der Waals surface area (Å²) < 4.78 is 24.1. The first kappa shape index (κ1) is 23.0. The average Bonchev–Trinajstić information content (AvgIpc) is 2.80. The standard InChI is InChI=1S/C26H26FNO4/c1-3-28(21-10-6-5-7-11-21)25(29)24(26(30)31-4-2)18-19-9-8-12-23(17-19)32-22-15-13-20(27)14-16-22/h5-17,24H,3-4,18H2,1-2H3. The molecule has 0 aromatic heterocycles. The molecule has 0 radical (unpaired) electrons. The summed E-state index contributed by atoms with van der Waals surface area (Å²) in [5.41, 5.74) is 1.47. The molecule has 1 unspecified atom stereocenters. The summed E-state index contributed by atoms with van der Waals surface area (Å²) in [6.07, 6.45) is 0.168. The topological polar surface area (TPSA) is 55.8 Å². The Morgan fingerprint density at radius 2 is 1.62 bits per heavy atom. The van der Waals surface area contributed by atoms with Gasteiger partial charge in [-0.2, -0.15) is 0 Å². The van der Waals surface area contributed by atoms with Crippen molar-refractivity contribution in [1.29, 1.82) is 0 Å². The van der Waals surface area contributed by atoms with E-state index in [0.717, 1.165) is 11.3 Å². The number of amides is 1. The van der Waals surface area contributed by atoms with Crippen LogP contribution in [0.3, 0.4) is 0 Å². The zero-order valence-electron chi connectivity index (χ0n) is 18.2. The molecule has 3 aromatic rings. The first-order valence-corrected chi connectivity index (χ1v) is 10.6. The summed E-state index contributed by atoms with van der Waals surface area (Å²) in [5.74, 6) is -1.20. The van der Waals surface area contributed by atoms with Crippen molar-refractivity contribution in [3.8, 4) is 11.5 Å². The second-order valence-electron chi connectivity index (χ2n) is 7.13. The highest BCUT2D eigenvalue weighted by Crippen LogP contribution is 2.25. The molecule has 166 valence electrons. The molecule has 3 aromatic carbocycles. The van der Waals surface area contributed by atoms with Crippen LogP contribution in [0, 0.1) is 11.7 Å². The Kier molecular flexibility index (Phi) is 7.97. The fraction of sp³-hybridized carbons (Fsp3) is 0.231. The third-order valence-electron chi connectivity index (χ3n) is 4.91. The molecule has 0 heterocycles. The van der Waals surface area contributed by atoms with Gasteiger partial charge in [-0.15, -0.1) is 0 Å². The van der Waals surface area contributed by atoms with Crippen molar-refractivity contribution >= 4 is 17.6 Å². The number of hydrogen-bond donors (Lipinski definition) is 0. The van der Waals surface area contributed by atoms with Gasteiger partial charge in [0, 0.05) is 12.2 Å². The lowest BCUT2D eigenvalue weighted by atomic mass is 9.97. The van der Waals surface area contributed by atoms with Crippen LogP contribution >= 0.6 is 0 Å². The molecule has 1 amide bonds. The average molecular weight is 435 g/mol. The number of hydrogen-bond acceptors (Lipinski definition) is 4. The largest absolute Gasteiger partial charge is 0.465 e. The second kappa shape index (κ2) is 11.1. The van der Waals surface area contributed by atoms with Crippen LogP contribution in [-0.2, 0) is 20.7 Å². The number of ether oxygens (including phenoxy) is 2. The van der Waals surface area contributed by atoms with Crippen LogP contribution in [-0.4, -0.2) is 25.0 Å². The number of rotatable bonds is 9. The molecule has 5 nitrogen and oxygen atoms in total. The summed E-state index contributed by atoms with van der Waals surface area (Å²) in [6, 6.07) is 22.1.